The number of terminal acetylenes is 1. The van der Waals surface area contributed by atoms with Crippen LogP contribution in [0.1, 0.15) is 43.4 Å². The summed E-state index contributed by atoms with van der Waals surface area (Å²) in [6.45, 7) is 9.92. The van der Waals surface area contributed by atoms with Crippen LogP contribution in [0.2, 0.25) is 0 Å². The number of hydrogen-bond donors (Lipinski definition) is 2. The zero-order valence-corrected chi connectivity index (χ0v) is 14.9. The van der Waals surface area contributed by atoms with Crippen LogP contribution in [0, 0.1) is 19.3 Å². The first kappa shape index (κ1) is 19.4. The van der Waals surface area contributed by atoms with Crippen LogP contribution < -0.4 is 5.32 Å². The molecule has 0 heterocycles. The summed E-state index contributed by atoms with van der Waals surface area (Å²) < 4.78 is 0. The lowest BCUT2D eigenvalue weighted by molar-refractivity contribution is 0.475. The summed E-state index contributed by atoms with van der Waals surface area (Å²) in [7, 11) is 0. The predicted molar refractivity (Wildman–Crippen MR) is 105 cm³/mol. The summed E-state index contributed by atoms with van der Waals surface area (Å²) in [5.41, 5.74) is 5.28. The van der Waals surface area contributed by atoms with Crippen molar-refractivity contribution in [2.24, 2.45) is 0 Å². The molecule has 2 aromatic rings. The molecular formula is C22H27NO. The van der Waals surface area contributed by atoms with Crippen molar-refractivity contribution in [2.75, 3.05) is 5.32 Å². The smallest absolute Gasteiger partial charge is 0.115 e. The Balaban J connectivity index is 0.000000891. The van der Waals surface area contributed by atoms with E-state index < -0.39 is 0 Å². The summed E-state index contributed by atoms with van der Waals surface area (Å²) in [5, 5.41) is 12.8. The molecule has 2 nitrogen and oxygen atoms in total. The number of phenolic OH excluding ortho intramolecular Hbond substituents is 1. The third-order valence-corrected chi connectivity index (χ3v) is 3.62. The van der Waals surface area contributed by atoms with Crippen LogP contribution in [0.15, 0.2) is 49.0 Å². The third-order valence-electron chi connectivity index (χ3n) is 3.62. The van der Waals surface area contributed by atoms with Crippen molar-refractivity contribution in [1.82, 2.24) is 0 Å². The second kappa shape index (κ2) is 10.2. The molecule has 126 valence electrons. The maximum absolute atomic E-state index is 9.44. The molecule has 0 unspecified atom stereocenters. The van der Waals surface area contributed by atoms with Crippen LogP contribution in [0.3, 0.4) is 0 Å². The maximum Gasteiger partial charge on any atom is 0.115 e. The number of rotatable bonds is 6. The minimum atomic E-state index is 0.281. The fourth-order valence-corrected chi connectivity index (χ4v) is 2.28. The van der Waals surface area contributed by atoms with Crippen molar-refractivity contribution < 1.29 is 5.11 Å². The molecule has 0 spiro atoms. The highest BCUT2D eigenvalue weighted by Gasteiger charge is 2.03. The number of benzene rings is 2. The molecular weight excluding hydrogens is 294 g/mol. The summed E-state index contributed by atoms with van der Waals surface area (Å²) in [5.74, 6) is 2.53. The molecule has 0 aliphatic rings. The highest BCUT2D eigenvalue weighted by molar-refractivity contribution is 5.76. The largest absolute Gasteiger partial charge is 0.508 e. The zero-order chi connectivity index (χ0) is 17.9. The van der Waals surface area contributed by atoms with E-state index in [4.69, 9.17) is 0 Å². The number of nitrogens with one attached hydrogen (secondary N) is 1. The van der Waals surface area contributed by atoms with Gasteiger partial charge in [-0.3, -0.25) is 0 Å². The molecule has 0 bridgehead atoms. The van der Waals surface area contributed by atoms with Crippen molar-refractivity contribution >= 4 is 11.4 Å². The molecule has 0 fully saturated rings. The van der Waals surface area contributed by atoms with Crippen molar-refractivity contribution in [2.45, 2.75) is 40.0 Å². The van der Waals surface area contributed by atoms with Gasteiger partial charge in [-0.2, -0.15) is 0 Å². The van der Waals surface area contributed by atoms with E-state index in [1.807, 2.05) is 13.0 Å². The van der Waals surface area contributed by atoms with E-state index >= 15 is 0 Å². The average Bonchev–Trinajstić information content (AvgIpc) is 2.56. The summed E-state index contributed by atoms with van der Waals surface area (Å²) in [4.78, 5) is 0. The molecule has 0 amide bonds. The van der Waals surface area contributed by atoms with Gasteiger partial charge in [-0.15, -0.1) is 12.3 Å². The van der Waals surface area contributed by atoms with Gasteiger partial charge in [0.15, 0.2) is 0 Å². The first-order valence-corrected chi connectivity index (χ1v) is 8.24. The van der Waals surface area contributed by atoms with Crippen LogP contribution in [0.5, 0.6) is 5.75 Å². The van der Waals surface area contributed by atoms with Crippen LogP contribution in [0.25, 0.3) is 5.70 Å². The number of unbranched alkanes of at least 4 members (excludes halogenated alkanes) is 1. The van der Waals surface area contributed by atoms with Crippen LogP contribution in [-0.4, -0.2) is 5.11 Å². The van der Waals surface area contributed by atoms with E-state index in [0.29, 0.717) is 0 Å². The standard InChI is InChI=1S/C19H23NO.C3H4/c1-4-5-6-16-7-9-17(10-8-16)15(3)20-19-12-11-18(21)13-14(19)2;1-3-2/h7-13,20-21H,3-6H2,1-2H3;1H,2H3. The van der Waals surface area contributed by atoms with Gasteiger partial charge in [0.1, 0.15) is 5.75 Å². The van der Waals surface area contributed by atoms with Crippen LogP contribution in [-0.2, 0) is 6.42 Å². The zero-order valence-electron chi connectivity index (χ0n) is 14.9. The Bertz CT molecular complexity index is 693. The molecule has 0 saturated heterocycles. The molecule has 0 aliphatic carbocycles. The molecule has 0 atom stereocenters. The minimum absolute atomic E-state index is 0.281. The van der Waals surface area contributed by atoms with E-state index in [9.17, 15) is 5.11 Å². The second-order valence-corrected chi connectivity index (χ2v) is 5.69. The molecule has 2 heteroatoms. The lowest BCUT2D eigenvalue weighted by Crippen LogP contribution is -1.99. The highest BCUT2D eigenvalue weighted by atomic mass is 16.3. The minimum Gasteiger partial charge on any atom is -0.508 e. The highest BCUT2D eigenvalue weighted by Crippen LogP contribution is 2.24. The van der Waals surface area contributed by atoms with Crippen LogP contribution in [0.4, 0.5) is 5.69 Å². The Hall–Kier alpha value is -2.66. The van der Waals surface area contributed by atoms with Crippen molar-refractivity contribution in [3.63, 3.8) is 0 Å². The first-order chi connectivity index (χ1) is 11.5. The van der Waals surface area contributed by atoms with Crippen molar-refractivity contribution in [3.8, 4) is 18.1 Å². The molecule has 24 heavy (non-hydrogen) atoms. The summed E-state index contributed by atoms with van der Waals surface area (Å²) in [6, 6.07) is 13.8. The van der Waals surface area contributed by atoms with Gasteiger partial charge in [-0.1, -0.05) is 44.2 Å². The second-order valence-electron chi connectivity index (χ2n) is 5.69. The summed E-state index contributed by atoms with van der Waals surface area (Å²) in [6.07, 6.45) is 8.18. The molecule has 0 saturated carbocycles. The first-order valence-electron chi connectivity index (χ1n) is 8.24. The molecule has 0 aromatic heterocycles. The van der Waals surface area contributed by atoms with E-state index in [1.54, 1.807) is 19.1 Å². The Morgan fingerprint density at radius 3 is 2.38 bits per heavy atom. The number of aromatic hydroxyl groups is 1. The Kier molecular flexibility index (Phi) is 8.22. The van der Waals surface area contributed by atoms with Gasteiger partial charge < -0.3 is 10.4 Å². The van der Waals surface area contributed by atoms with E-state index in [2.05, 4.69) is 55.4 Å². The van der Waals surface area contributed by atoms with Gasteiger partial charge in [0.25, 0.3) is 0 Å². The van der Waals surface area contributed by atoms with Crippen molar-refractivity contribution in [1.29, 1.82) is 0 Å². The molecule has 0 radical (unpaired) electrons. The Labute approximate surface area is 146 Å². The molecule has 0 aliphatic heterocycles. The van der Waals surface area contributed by atoms with Gasteiger partial charge in [-0.05, 0) is 61.6 Å². The normalized spacial score (nSPS) is 9.42. The van der Waals surface area contributed by atoms with Gasteiger partial charge in [0.2, 0.25) is 0 Å². The van der Waals surface area contributed by atoms with Gasteiger partial charge in [-0.25, -0.2) is 0 Å². The van der Waals surface area contributed by atoms with Gasteiger partial charge >= 0.3 is 0 Å². The average molecular weight is 321 g/mol. The third kappa shape index (κ3) is 6.22. The van der Waals surface area contributed by atoms with Crippen LogP contribution >= 0.6 is 0 Å². The monoisotopic (exact) mass is 321 g/mol. The van der Waals surface area contributed by atoms with E-state index in [-0.39, 0.29) is 5.75 Å². The molecule has 2 rings (SSSR count). The topological polar surface area (TPSA) is 32.3 Å². The summed E-state index contributed by atoms with van der Waals surface area (Å²) >= 11 is 0. The Morgan fingerprint density at radius 1 is 1.21 bits per heavy atom. The number of anilines is 1. The van der Waals surface area contributed by atoms with Gasteiger partial charge in [0.05, 0.1) is 0 Å². The number of hydrogen-bond acceptors (Lipinski definition) is 2. The molecule has 2 aromatic carbocycles. The van der Waals surface area contributed by atoms with Gasteiger partial charge in [0, 0.05) is 11.4 Å². The lowest BCUT2D eigenvalue weighted by Gasteiger charge is -2.13. The number of phenols is 1. The van der Waals surface area contributed by atoms with Crippen molar-refractivity contribution in [3.05, 3.63) is 65.7 Å². The van der Waals surface area contributed by atoms with E-state index in [0.717, 1.165) is 28.9 Å². The fourth-order valence-electron chi connectivity index (χ4n) is 2.28. The molecule has 2 N–H and O–H groups in total. The van der Waals surface area contributed by atoms with E-state index in [1.165, 1.54) is 18.4 Å². The quantitative estimate of drug-likeness (QED) is 0.523. The lowest BCUT2D eigenvalue weighted by atomic mass is 10.0. The predicted octanol–water partition coefficient (Wildman–Crippen LogP) is 5.77. The number of aryl methyl sites for hydroxylation is 2. The fraction of sp³-hybridized carbons (Fsp3) is 0.273. The maximum atomic E-state index is 9.44. The SMILES string of the molecule is C#CC.C=C(Nc1ccc(O)cc1C)c1ccc(CCCC)cc1. The Morgan fingerprint density at radius 2 is 1.83 bits per heavy atom.